The van der Waals surface area contributed by atoms with Crippen molar-refractivity contribution in [2.45, 2.75) is 57.2 Å². The lowest BCUT2D eigenvalue weighted by Gasteiger charge is -2.29. The lowest BCUT2D eigenvalue weighted by molar-refractivity contribution is 0.126. The second kappa shape index (κ2) is 8.78. The molecule has 0 unspecified atom stereocenters. The Balaban J connectivity index is 1.44. The van der Waals surface area contributed by atoms with Crippen LogP contribution in [-0.2, 0) is 5.54 Å². The van der Waals surface area contributed by atoms with E-state index in [9.17, 15) is 5.26 Å². The summed E-state index contributed by atoms with van der Waals surface area (Å²) in [6, 6.07) is 10.3. The Kier molecular flexibility index (Phi) is 5.65. The molecule has 174 valence electrons. The molecule has 0 bridgehead atoms. The molecule has 0 amide bonds. The van der Waals surface area contributed by atoms with Gasteiger partial charge in [0.1, 0.15) is 23.2 Å². The van der Waals surface area contributed by atoms with E-state index in [1.165, 1.54) is 0 Å². The predicted octanol–water partition coefficient (Wildman–Crippen LogP) is 4.55. The summed E-state index contributed by atoms with van der Waals surface area (Å²) >= 11 is 0. The van der Waals surface area contributed by atoms with E-state index in [-0.39, 0.29) is 12.1 Å². The Morgan fingerprint density at radius 3 is 2.68 bits per heavy atom. The molecular weight excluding hydrogens is 428 g/mol. The van der Waals surface area contributed by atoms with Crippen LogP contribution in [0.1, 0.15) is 45.6 Å². The second-order valence-electron chi connectivity index (χ2n) is 9.19. The van der Waals surface area contributed by atoms with Gasteiger partial charge in [-0.3, -0.25) is 9.36 Å². The quantitative estimate of drug-likeness (QED) is 0.453. The van der Waals surface area contributed by atoms with Gasteiger partial charge in [0.15, 0.2) is 0 Å². The van der Waals surface area contributed by atoms with Crippen LogP contribution in [0.4, 0.5) is 5.82 Å². The fourth-order valence-corrected chi connectivity index (χ4v) is 4.46. The molecule has 4 aromatic heterocycles. The van der Waals surface area contributed by atoms with Gasteiger partial charge >= 0.3 is 0 Å². The van der Waals surface area contributed by atoms with Crippen molar-refractivity contribution in [1.29, 1.82) is 5.26 Å². The van der Waals surface area contributed by atoms with Gasteiger partial charge in [-0.15, -0.1) is 0 Å². The van der Waals surface area contributed by atoms with Gasteiger partial charge in [0.05, 0.1) is 23.8 Å². The van der Waals surface area contributed by atoms with Crippen LogP contribution in [-0.4, -0.2) is 42.7 Å². The highest BCUT2D eigenvalue weighted by Gasteiger charge is 2.28. The number of nitrogens with zero attached hydrogens (tertiary/aromatic N) is 7. The Morgan fingerprint density at radius 1 is 1.15 bits per heavy atom. The monoisotopic (exact) mass is 456 g/mol. The SMILES string of the molecule is CNc1cc2c(cn1)c(-c1cnn(C(C)(C)C#N)c1)nn2[C@H]1CC[C@@H](Oc2ccccn2)CC1. The minimum absolute atomic E-state index is 0.161. The molecule has 0 radical (unpaired) electrons. The first kappa shape index (κ1) is 21.9. The standard InChI is InChI=1S/C25H28N8O/c1-25(2,16-26)32-15-17(13-30-32)24-20-14-29-22(27-3)12-21(20)33(31-24)18-7-9-19(10-8-18)34-23-6-4-5-11-28-23/h4-6,11-15,18-19H,7-10H2,1-3H3,(H,27,29)/t18-,19+. The Morgan fingerprint density at radius 2 is 1.97 bits per heavy atom. The number of aromatic nitrogens is 6. The van der Waals surface area contributed by atoms with Crippen LogP contribution in [0, 0.1) is 11.3 Å². The average molecular weight is 457 g/mol. The highest BCUT2D eigenvalue weighted by Crippen LogP contribution is 2.36. The van der Waals surface area contributed by atoms with Gasteiger partial charge in [-0.1, -0.05) is 6.07 Å². The molecule has 1 N–H and O–H groups in total. The lowest BCUT2D eigenvalue weighted by Crippen LogP contribution is -2.26. The van der Waals surface area contributed by atoms with Crippen LogP contribution in [0.15, 0.2) is 49.1 Å². The van der Waals surface area contributed by atoms with Gasteiger partial charge < -0.3 is 10.1 Å². The number of ether oxygens (including phenoxy) is 1. The van der Waals surface area contributed by atoms with E-state index >= 15 is 0 Å². The van der Waals surface area contributed by atoms with E-state index in [2.05, 4.69) is 31.1 Å². The largest absolute Gasteiger partial charge is 0.474 e. The molecule has 34 heavy (non-hydrogen) atoms. The van der Waals surface area contributed by atoms with Crippen LogP contribution in [0.25, 0.3) is 22.2 Å². The maximum Gasteiger partial charge on any atom is 0.213 e. The van der Waals surface area contributed by atoms with Crippen molar-refractivity contribution >= 4 is 16.7 Å². The zero-order valence-corrected chi connectivity index (χ0v) is 19.6. The van der Waals surface area contributed by atoms with Crippen LogP contribution >= 0.6 is 0 Å². The second-order valence-corrected chi connectivity index (χ2v) is 9.19. The molecule has 0 aromatic carbocycles. The Bertz CT molecular complexity index is 1330. The molecule has 9 nitrogen and oxygen atoms in total. The van der Waals surface area contributed by atoms with E-state index < -0.39 is 5.54 Å². The lowest BCUT2D eigenvalue weighted by atomic mass is 9.93. The zero-order valence-electron chi connectivity index (χ0n) is 19.6. The van der Waals surface area contributed by atoms with Crippen molar-refractivity contribution in [3.8, 4) is 23.2 Å². The maximum absolute atomic E-state index is 9.48. The van der Waals surface area contributed by atoms with Crippen molar-refractivity contribution in [3.05, 3.63) is 49.1 Å². The maximum atomic E-state index is 9.48. The molecule has 4 aromatic rings. The number of nitrogens with one attached hydrogen (secondary N) is 1. The van der Waals surface area contributed by atoms with Gasteiger partial charge in [0.2, 0.25) is 5.88 Å². The van der Waals surface area contributed by atoms with Crippen LogP contribution in [0.5, 0.6) is 5.88 Å². The summed E-state index contributed by atoms with van der Waals surface area (Å²) in [5, 5.41) is 23.1. The average Bonchev–Trinajstić information content (AvgIpc) is 3.50. The topological polar surface area (TPSA) is 106 Å². The molecule has 1 aliphatic carbocycles. The number of fused-ring (bicyclic) bond motifs is 1. The molecule has 1 aliphatic rings. The van der Waals surface area contributed by atoms with Gasteiger partial charge in [0, 0.05) is 48.7 Å². The molecule has 1 saturated carbocycles. The Labute approximate surface area is 198 Å². The number of anilines is 1. The van der Waals surface area contributed by atoms with E-state index in [4.69, 9.17) is 9.84 Å². The molecule has 0 atom stereocenters. The third-order valence-corrected chi connectivity index (χ3v) is 6.47. The molecule has 1 fully saturated rings. The summed E-state index contributed by atoms with van der Waals surface area (Å²) in [6.45, 7) is 3.68. The first-order valence-corrected chi connectivity index (χ1v) is 11.6. The van der Waals surface area contributed by atoms with E-state index in [0.29, 0.717) is 5.88 Å². The molecule has 4 heterocycles. The van der Waals surface area contributed by atoms with Crippen molar-refractivity contribution in [1.82, 2.24) is 29.5 Å². The van der Waals surface area contributed by atoms with Crippen LogP contribution in [0.3, 0.4) is 0 Å². The number of hydrogen-bond acceptors (Lipinski definition) is 7. The third-order valence-electron chi connectivity index (χ3n) is 6.47. The van der Waals surface area contributed by atoms with Crippen molar-refractivity contribution in [3.63, 3.8) is 0 Å². The molecule has 9 heteroatoms. The molecular formula is C25H28N8O. The Hall–Kier alpha value is -3.93. The van der Waals surface area contributed by atoms with E-state index in [1.54, 1.807) is 17.1 Å². The molecule has 0 aliphatic heterocycles. The first-order chi connectivity index (χ1) is 16.5. The number of nitriles is 1. The summed E-state index contributed by atoms with van der Waals surface area (Å²) in [5.41, 5.74) is 2.01. The summed E-state index contributed by atoms with van der Waals surface area (Å²) in [4.78, 5) is 8.82. The predicted molar refractivity (Wildman–Crippen MR) is 129 cm³/mol. The van der Waals surface area contributed by atoms with Gasteiger partial charge in [-0.05, 0) is 45.6 Å². The molecule has 0 saturated heterocycles. The van der Waals surface area contributed by atoms with E-state index in [0.717, 1.165) is 53.7 Å². The minimum Gasteiger partial charge on any atom is -0.474 e. The normalized spacial score (nSPS) is 18.5. The van der Waals surface area contributed by atoms with Crippen LogP contribution in [0.2, 0.25) is 0 Å². The third kappa shape index (κ3) is 4.07. The fourth-order valence-electron chi connectivity index (χ4n) is 4.46. The summed E-state index contributed by atoms with van der Waals surface area (Å²) in [6.07, 6.45) is 11.2. The smallest absolute Gasteiger partial charge is 0.213 e. The minimum atomic E-state index is -0.736. The van der Waals surface area contributed by atoms with Crippen LogP contribution < -0.4 is 10.1 Å². The van der Waals surface area contributed by atoms with Gasteiger partial charge in [-0.2, -0.15) is 15.5 Å². The molecule has 0 spiro atoms. The summed E-state index contributed by atoms with van der Waals surface area (Å²) in [7, 11) is 1.87. The number of pyridine rings is 2. The first-order valence-electron chi connectivity index (χ1n) is 11.6. The number of hydrogen-bond donors (Lipinski definition) is 1. The van der Waals surface area contributed by atoms with Crippen molar-refractivity contribution in [2.75, 3.05) is 12.4 Å². The number of rotatable bonds is 6. The van der Waals surface area contributed by atoms with Gasteiger partial charge in [-0.25, -0.2) is 9.97 Å². The summed E-state index contributed by atoms with van der Waals surface area (Å²) in [5.74, 6) is 1.48. The van der Waals surface area contributed by atoms with Gasteiger partial charge in [0.25, 0.3) is 0 Å². The molecule has 5 rings (SSSR count). The highest BCUT2D eigenvalue weighted by atomic mass is 16.5. The van der Waals surface area contributed by atoms with Crippen molar-refractivity contribution in [2.24, 2.45) is 0 Å². The fraction of sp³-hybridized carbons (Fsp3) is 0.400. The zero-order chi connectivity index (χ0) is 23.7. The summed E-state index contributed by atoms with van der Waals surface area (Å²) < 4.78 is 9.90. The van der Waals surface area contributed by atoms with E-state index in [1.807, 2.05) is 57.6 Å². The van der Waals surface area contributed by atoms with Crippen molar-refractivity contribution < 1.29 is 4.74 Å². The highest BCUT2D eigenvalue weighted by molar-refractivity contribution is 5.93.